The first-order valence-corrected chi connectivity index (χ1v) is 9.58. The van der Waals surface area contributed by atoms with Crippen LogP contribution in [0.5, 0.6) is 0 Å². The second kappa shape index (κ2) is 10.1. The molecule has 144 valence electrons. The monoisotopic (exact) mass is 392 g/mol. The molecule has 0 fully saturated rings. The molecule has 0 atom stereocenters. The van der Waals surface area contributed by atoms with Gasteiger partial charge in [0.1, 0.15) is 11.6 Å². The molecule has 0 spiro atoms. The van der Waals surface area contributed by atoms with Crippen LogP contribution in [0.25, 0.3) is 0 Å². The van der Waals surface area contributed by atoms with E-state index in [1.54, 1.807) is 24.3 Å². The first kappa shape index (κ1) is 20.9. The molecule has 0 aromatic heterocycles. The van der Waals surface area contributed by atoms with Gasteiger partial charge in [-0.15, -0.1) is 11.8 Å². The van der Waals surface area contributed by atoms with Crippen LogP contribution in [0, 0.1) is 11.6 Å². The van der Waals surface area contributed by atoms with Crippen molar-refractivity contribution in [3.05, 3.63) is 71.3 Å². The minimum Gasteiger partial charge on any atom is -0.352 e. The lowest BCUT2D eigenvalue weighted by Gasteiger charge is -2.18. The molecule has 2 amide bonds. The van der Waals surface area contributed by atoms with Crippen LogP contribution in [0.1, 0.15) is 30.2 Å². The molecule has 0 aliphatic carbocycles. The summed E-state index contributed by atoms with van der Waals surface area (Å²) >= 11 is 1.32. The van der Waals surface area contributed by atoms with E-state index < -0.39 is 0 Å². The van der Waals surface area contributed by atoms with E-state index in [1.165, 1.54) is 36.0 Å². The lowest BCUT2D eigenvalue weighted by atomic mass is 10.0. The fourth-order valence-corrected chi connectivity index (χ4v) is 3.54. The minimum atomic E-state index is -0.351. The third kappa shape index (κ3) is 7.02. The third-order valence-electron chi connectivity index (χ3n) is 3.62. The van der Waals surface area contributed by atoms with Crippen LogP contribution in [0.3, 0.4) is 0 Å². The van der Waals surface area contributed by atoms with Crippen LogP contribution in [-0.4, -0.2) is 30.2 Å². The highest BCUT2D eigenvalue weighted by atomic mass is 32.2. The summed E-state index contributed by atoms with van der Waals surface area (Å²) in [5.74, 6) is -1.13. The molecule has 27 heavy (non-hydrogen) atoms. The summed E-state index contributed by atoms with van der Waals surface area (Å²) in [6, 6.07) is 12.0. The number of nitrogens with one attached hydrogen (secondary N) is 2. The summed E-state index contributed by atoms with van der Waals surface area (Å²) in [4.78, 5) is 23.7. The Bertz CT molecular complexity index is 719. The predicted octanol–water partition coefficient (Wildman–Crippen LogP) is 3.43. The van der Waals surface area contributed by atoms with Gasteiger partial charge < -0.3 is 10.6 Å². The SMILES string of the molecule is CC(C)NC(=O)CNC(=O)CSC(c1ccc(F)cc1)c1ccc(F)cc1. The normalized spacial score (nSPS) is 10.9. The lowest BCUT2D eigenvalue weighted by Crippen LogP contribution is -2.40. The number of carbonyl (C=O) groups excluding carboxylic acids is 2. The fourth-order valence-electron chi connectivity index (χ4n) is 2.42. The number of halogens is 2. The molecule has 0 aliphatic rings. The number of hydrogen-bond acceptors (Lipinski definition) is 3. The van der Waals surface area contributed by atoms with Crippen LogP contribution < -0.4 is 10.6 Å². The van der Waals surface area contributed by atoms with Crippen LogP contribution in [0.15, 0.2) is 48.5 Å². The summed E-state index contributed by atoms with van der Waals surface area (Å²) < 4.78 is 26.5. The topological polar surface area (TPSA) is 58.2 Å². The summed E-state index contributed by atoms with van der Waals surface area (Å²) in [6.07, 6.45) is 0. The van der Waals surface area contributed by atoms with Gasteiger partial charge in [-0.3, -0.25) is 9.59 Å². The van der Waals surface area contributed by atoms with Crippen molar-refractivity contribution in [2.45, 2.75) is 25.1 Å². The van der Waals surface area contributed by atoms with Crippen molar-refractivity contribution in [3.8, 4) is 0 Å². The number of thioether (sulfide) groups is 1. The van der Waals surface area contributed by atoms with Gasteiger partial charge in [0.2, 0.25) is 11.8 Å². The van der Waals surface area contributed by atoms with Gasteiger partial charge in [0.25, 0.3) is 0 Å². The Labute approximate surface area is 161 Å². The highest BCUT2D eigenvalue weighted by Crippen LogP contribution is 2.35. The Kier molecular flexibility index (Phi) is 7.79. The van der Waals surface area contributed by atoms with Crippen LogP contribution in [0.4, 0.5) is 8.78 Å². The quantitative estimate of drug-likeness (QED) is 0.724. The van der Waals surface area contributed by atoms with E-state index in [0.29, 0.717) is 0 Å². The molecule has 2 aromatic rings. The largest absolute Gasteiger partial charge is 0.352 e. The van der Waals surface area contributed by atoms with Crippen molar-refractivity contribution in [3.63, 3.8) is 0 Å². The number of benzene rings is 2. The molecular weight excluding hydrogens is 370 g/mol. The third-order valence-corrected chi connectivity index (χ3v) is 4.93. The zero-order chi connectivity index (χ0) is 19.8. The van der Waals surface area contributed by atoms with Gasteiger partial charge in [0.05, 0.1) is 17.5 Å². The average molecular weight is 392 g/mol. The fraction of sp³-hybridized carbons (Fsp3) is 0.300. The first-order valence-electron chi connectivity index (χ1n) is 8.53. The lowest BCUT2D eigenvalue weighted by molar-refractivity contribution is -0.125. The van der Waals surface area contributed by atoms with Crippen LogP contribution in [-0.2, 0) is 9.59 Å². The number of hydrogen-bond donors (Lipinski definition) is 2. The van der Waals surface area contributed by atoms with Crippen molar-refractivity contribution in [1.29, 1.82) is 0 Å². The van der Waals surface area contributed by atoms with Gasteiger partial charge in [0.15, 0.2) is 0 Å². The summed E-state index contributed by atoms with van der Waals surface area (Å²) in [5, 5.41) is 5.00. The van der Waals surface area contributed by atoms with Gasteiger partial charge in [0, 0.05) is 6.04 Å². The second-order valence-corrected chi connectivity index (χ2v) is 7.39. The van der Waals surface area contributed by atoms with E-state index in [1.807, 2.05) is 13.8 Å². The van der Waals surface area contributed by atoms with E-state index in [2.05, 4.69) is 10.6 Å². The molecule has 0 saturated carbocycles. The minimum absolute atomic E-state index is 0.00473. The first-order chi connectivity index (χ1) is 12.8. The Balaban J connectivity index is 2.02. The molecule has 0 radical (unpaired) electrons. The standard InChI is InChI=1S/C20H22F2N2O2S/c1-13(2)24-18(25)11-23-19(26)12-27-20(14-3-7-16(21)8-4-14)15-5-9-17(22)10-6-15/h3-10,13,20H,11-12H2,1-2H3,(H,23,26)(H,24,25). The van der Waals surface area contributed by atoms with Crippen molar-refractivity contribution in [1.82, 2.24) is 10.6 Å². The van der Waals surface area contributed by atoms with Crippen molar-refractivity contribution in [2.75, 3.05) is 12.3 Å². The zero-order valence-electron chi connectivity index (χ0n) is 15.2. The highest BCUT2D eigenvalue weighted by molar-refractivity contribution is 8.00. The Morgan fingerprint density at radius 2 is 1.37 bits per heavy atom. The molecular formula is C20H22F2N2O2S. The maximum atomic E-state index is 13.2. The van der Waals surface area contributed by atoms with Crippen LogP contribution >= 0.6 is 11.8 Å². The second-order valence-electron chi connectivity index (χ2n) is 6.29. The molecule has 0 heterocycles. The molecule has 2 N–H and O–H groups in total. The number of carbonyl (C=O) groups is 2. The van der Waals surface area contributed by atoms with Gasteiger partial charge in [-0.05, 0) is 49.2 Å². The van der Waals surface area contributed by atoms with E-state index >= 15 is 0 Å². The van der Waals surface area contributed by atoms with Gasteiger partial charge in [-0.1, -0.05) is 24.3 Å². The van der Waals surface area contributed by atoms with Crippen LogP contribution in [0.2, 0.25) is 0 Å². The van der Waals surface area contributed by atoms with E-state index in [4.69, 9.17) is 0 Å². The van der Waals surface area contributed by atoms with Crippen molar-refractivity contribution < 1.29 is 18.4 Å². The molecule has 0 unspecified atom stereocenters. The summed E-state index contributed by atoms with van der Waals surface area (Å²) in [7, 11) is 0. The highest BCUT2D eigenvalue weighted by Gasteiger charge is 2.17. The average Bonchev–Trinajstić information content (AvgIpc) is 2.62. The van der Waals surface area contributed by atoms with Gasteiger partial charge in [-0.2, -0.15) is 0 Å². The maximum absolute atomic E-state index is 13.2. The number of rotatable bonds is 8. The molecule has 0 saturated heterocycles. The molecule has 0 bridgehead atoms. The summed E-state index contributed by atoms with van der Waals surface area (Å²) in [6.45, 7) is 3.59. The van der Waals surface area contributed by atoms with E-state index in [0.717, 1.165) is 11.1 Å². The van der Waals surface area contributed by atoms with Crippen molar-refractivity contribution >= 4 is 23.6 Å². The molecule has 2 rings (SSSR count). The zero-order valence-corrected chi connectivity index (χ0v) is 16.0. The predicted molar refractivity (Wildman–Crippen MR) is 103 cm³/mol. The van der Waals surface area contributed by atoms with E-state index in [9.17, 15) is 18.4 Å². The smallest absolute Gasteiger partial charge is 0.239 e. The summed E-state index contributed by atoms with van der Waals surface area (Å²) in [5.41, 5.74) is 1.61. The Morgan fingerprint density at radius 1 is 0.889 bits per heavy atom. The molecule has 7 heteroatoms. The van der Waals surface area contributed by atoms with Gasteiger partial charge >= 0.3 is 0 Å². The Hall–Kier alpha value is -2.41. The molecule has 2 aromatic carbocycles. The van der Waals surface area contributed by atoms with Crippen molar-refractivity contribution in [2.24, 2.45) is 0 Å². The van der Waals surface area contributed by atoms with Gasteiger partial charge in [-0.25, -0.2) is 8.78 Å². The molecule has 0 aliphatic heterocycles. The Morgan fingerprint density at radius 3 is 1.81 bits per heavy atom. The van der Waals surface area contributed by atoms with E-state index in [-0.39, 0.29) is 47.0 Å². The number of amides is 2. The molecule has 4 nitrogen and oxygen atoms in total. The maximum Gasteiger partial charge on any atom is 0.239 e.